The molecular weight excluding hydrogens is 196 g/mol. The summed E-state index contributed by atoms with van der Waals surface area (Å²) in [6.45, 7) is 6.28. The summed E-state index contributed by atoms with van der Waals surface area (Å²) in [5, 5.41) is 3.66. The highest BCUT2D eigenvalue weighted by Gasteiger charge is 2.28. The number of nitrogens with zero attached hydrogens (tertiary/aromatic N) is 1. The van der Waals surface area contributed by atoms with Gasteiger partial charge in [0.2, 0.25) is 0 Å². The minimum atomic E-state index is -0.424. The van der Waals surface area contributed by atoms with Crippen LogP contribution >= 0.6 is 12.6 Å². The summed E-state index contributed by atoms with van der Waals surface area (Å²) in [5.74, 6) is 0. The Balaban J connectivity index is 2.91. The molecule has 4 heteroatoms. The second-order valence-corrected chi connectivity index (χ2v) is 4.59. The molecule has 0 aromatic carbocycles. The third-order valence-corrected chi connectivity index (χ3v) is 2.60. The fraction of sp³-hybridized carbons (Fsp3) is 0.600. The predicted octanol–water partition coefficient (Wildman–Crippen LogP) is 2.75. The Hall–Kier alpha value is -0.770. The van der Waals surface area contributed by atoms with E-state index in [9.17, 15) is 4.79 Å². The highest BCUT2D eigenvalue weighted by molar-refractivity contribution is 7.96. The Morgan fingerprint density at radius 2 is 2.29 bits per heavy atom. The van der Waals surface area contributed by atoms with E-state index in [4.69, 9.17) is 0 Å². The minimum absolute atomic E-state index is 0.0368. The highest BCUT2D eigenvalue weighted by Crippen LogP contribution is 2.32. The first-order chi connectivity index (χ1) is 6.43. The number of hydrogen-bond acceptors (Lipinski definition) is 2. The van der Waals surface area contributed by atoms with Gasteiger partial charge in [0, 0.05) is 5.41 Å². The molecule has 1 amide bonds. The van der Waals surface area contributed by atoms with Gasteiger partial charge in [-0.25, -0.2) is 5.43 Å². The van der Waals surface area contributed by atoms with Crippen molar-refractivity contribution in [3.63, 3.8) is 0 Å². The van der Waals surface area contributed by atoms with Crippen LogP contribution in [0.4, 0.5) is 4.79 Å². The highest BCUT2D eigenvalue weighted by atomic mass is 32.1. The van der Waals surface area contributed by atoms with E-state index < -0.39 is 5.24 Å². The van der Waals surface area contributed by atoms with Crippen LogP contribution < -0.4 is 5.43 Å². The predicted molar refractivity (Wildman–Crippen MR) is 61.7 cm³/mol. The zero-order valence-corrected chi connectivity index (χ0v) is 9.69. The van der Waals surface area contributed by atoms with Crippen LogP contribution in [0.1, 0.15) is 33.6 Å². The minimum Gasteiger partial charge on any atom is -0.260 e. The summed E-state index contributed by atoms with van der Waals surface area (Å²) in [5.41, 5.74) is 4.50. The van der Waals surface area contributed by atoms with E-state index >= 15 is 0 Å². The Labute approximate surface area is 90.1 Å². The van der Waals surface area contributed by atoms with Gasteiger partial charge in [-0.15, -0.1) is 0 Å². The molecule has 0 atom stereocenters. The summed E-state index contributed by atoms with van der Waals surface area (Å²) in [6, 6.07) is 0. The maximum atomic E-state index is 10.6. The van der Waals surface area contributed by atoms with Gasteiger partial charge in [-0.3, -0.25) is 4.79 Å². The maximum absolute atomic E-state index is 10.6. The van der Waals surface area contributed by atoms with Crippen LogP contribution in [0, 0.1) is 5.41 Å². The number of hydrazone groups is 1. The topological polar surface area (TPSA) is 41.5 Å². The normalized spacial score (nSPS) is 23.1. The van der Waals surface area contributed by atoms with E-state index in [1.807, 2.05) is 6.92 Å². The van der Waals surface area contributed by atoms with Crippen LogP contribution in [0.3, 0.4) is 0 Å². The standard InChI is InChI=1S/C10H16N2OS/c1-7-5-4-6-10(2,3)8(7)11-12-9(13)14/h5H,4,6H2,1-3H3,(H2,12,13,14). The number of carbonyl (C=O) groups excluding carboxylic acids is 1. The molecule has 0 aromatic rings. The van der Waals surface area contributed by atoms with Crippen molar-refractivity contribution in [3.8, 4) is 0 Å². The maximum Gasteiger partial charge on any atom is 0.296 e. The average Bonchev–Trinajstić information content (AvgIpc) is 2.01. The number of hydrogen-bond donors (Lipinski definition) is 2. The van der Waals surface area contributed by atoms with Crippen LogP contribution in [0.5, 0.6) is 0 Å². The molecule has 0 heterocycles. The van der Waals surface area contributed by atoms with Crippen molar-refractivity contribution in [1.29, 1.82) is 0 Å². The van der Waals surface area contributed by atoms with Crippen molar-refractivity contribution in [3.05, 3.63) is 11.6 Å². The molecule has 0 bridgehead atoms. The Bertz CT molecular complexity index is 305. The molecule has 0 saturated heterocycles. The zero-order chi connectivity index (χ0) is 10.8. The van der Waals surface area contributed by atoms with Crippen molar-refractivity contribution in [2.24, 2.45) is 10.5 Å². The summed E-state index contributed by atoms with van der Waals surface area (Å²) in [6.07, 6.45) is 4.28. The number of amides is 1. The van der Waals surface area contributed by atoms with Crippen LogP contribution in [-0.2, 0) is 0 Å². The van der Waals surface area contributed by atoms with Gasteiger partial charge in [-0.05, 0) is 25.3 Å². The fourth-order valence-electron chi connectivity index (χ4n) is 1.74. The molecule has 0 fully saturated rings. The molecular formula is C10H16N2OS. The van der Waals surface area contributed by atoms with E-state index in [0.717, 1.165) is 24.1 Å². The third-order valence-electron chi connectivity index (χ3n) is 2.50. The largest absolute Gasteiger partial charge is 0.296 e. The first-order valence-corrected chi connectivity index (χ1v) is 5.12. The van der Waals surface area contributed by atoms with Crippen LogP contribution in [0.2, 0.25) is 0 Å². The van der Waals surface area contributed by atoms with Gasteiger partial charge in [0.15, 0.2) is 0 Å². The van der Waals surface area contributed by atoms with Gasteiger partial charge in [0.1, 0.15) is 0 Å². The van der Waals surface area contributed by atoms with Gasteiger partial charge in [0.05, 0.1) is 5.71 Å². The summed E-state index contributed by atoms with van der Waals surface area (Å²) in [7, 11) is 0. The Kier molecular flexibility index (Phi) is 3.37. The van der Waals surface area contributed by atoms with E-state index in [0.29, 0.717) is 0 Å². The molecule has 0 unspecified atom stereocenters. The second-order valence-electron chi connectivity index (χ2n) is 4.19. The summed E-state index contributed by atoms with van der Waals surface area (Å²) >= 11 is 3.61. The number of rotatable bonds is 1. The van der Waals surface area contributed by atoms with Gasteiger partial charge in [0.25, 0.3) is 5.24 Å². The van der Waals surface area contributed by atoms with Crippen molar-refractivity contribution < 1.29 is 4.79 Å². The lowest BCUT2D eigenvalue weighted by molar-refractivity contribution is 0.261. The van der Waals surface area contributed by atoms with Crippen molar-refractivity contribution in [1.82, 2.24) is 5.43 Å². The van der Waals surface area contributed by atoms with Gasteiger partial charge in [-0.1, -0.05) is 32.6 Å². The van der Waals surface area contributed by atoms with Crippen LogP contribution in [0.25, 0.3) is 0 Å². The monoisotopic (exact) mass is 212 g/mol. The molecule has 1 N–H and O–H groups in total. The lowest BCUT2D eigenvalue weighted by Gasteiger charge is -2.30. The smallest absolute Gasteiger partial charge is 0.260 e. The second kappa shape index (κ2) is 4.17. The third kappa shape index (κ3) is 2.61. The molecule has 0 radical (unpaired) electrons. The molecule has 0 spiro atoms. The Morgan fingerprint density at radius 1 is 1.64 bits per heavy atom. The molecule has 0 aromatic heterocycles. The Morgan fingerprint density at radius 3 is 2.79 bits per heavy atom. The van der Waals surface area contributed by atoms with Crippen LogP contribution in [-0.4, -0.2) is 11.0 Å². The van der Waals surface area contributed by atoms with Crippen molar-refractivity contribution in [2.45, 2.75) is 33.6 Å². The van der Waals surface area contributed by atoms with Gasteiger partial charge in [-0.2, -0.15) is 5.10 Å². The number of nitrogens with one attached hydrogen (secondary N) is 1. The van der Waals surface area contributed by atoms with E-state index in [2.05, 4.69) is 43.1 Å². The molecule has 14 heavy (non-hydrogen) atoms. The number of allylic oxidation sites excluding steroid dienone is 2. The molecule has 0 saturated carbocycles. The number of thiol groups is 1. The van der Waals surface area contributed by atoms with Crippen LogP contribution in [0.15, 0.2) is 16.8 Å². The molecule has 78 valence electrons. The van der Waals surface area contributed by atoms with E-state index in [1.54, 1.807) is 0 Å². The average molecular weight is 212 g/mol. The lowest BCUT2D eigenvalue weighted by atomic mass is 9.76. The van der Waals surface area contributed by atoms with Gasteiger partial charge < -0.3 is 0 Å². The molecule has 1 rings (SSSR count). The number of carbonyl (C=O) groups is 1. The van der Waals surface area contributed by atoms with Crippen molar-refractivity contribution >= 4 is 23.6 Å². The fourth-order valence-corrected chi connectivity index (χ4v) is 1.79. The van der Waals surface area contributed by atoms with E-state index in [1.165, 1.54) is 0 Å². The SMILES string of the molecule is CC1=CCCC(C)(C)C1=NNC(=O)S. The first-order valence-electron chi connectivity index (χ1n) is 4.68. The van der Waals surface area contributed by atoms with E-state index in [-0.39, 0.29) is 5.41 Å². The molecule has 1 aliphatic rings. The first kappa shape index (κ1) is 11.3. The zero-order valence-electron chi connectivity index (χ0n) is 8.79. The molecule has 3 nitrogen and oxygen atoms in total. The molecule has 1 aliphatic carbocycles. The lowest BCUT2D eigenvalue weighted by Crippen LogP contribution is -2.30. The molecule has 0 aliphatic heterocycles. The summed E-state index contributed by atoms with van der Waals surface area (Å²) in [4.78, 5) is 10.6. The summed E-state index contributed by atoms with van der Waals surface area (Å²) < 4.78 is 0. The quantitative estimate of drug-likeness (QED) is 0.509. The van der Waals surface area contributed by atoms with Crippen molar-refractivity contribution in [2.75, 3.05) is 0 Å². The van der Waals surface area contributed by atoms with Gasteiger partial charge >= 0.3 is 0 Å².